The maximum Gasteiger partial charge on any atom is 0.238 e. The molecule has 1 unspecified atom stereocenters. The lowest BCUT2D eigenvalue weighted by Crippen LogP contribution is -2.41. The molecule has 2 aromatic rings. The number of hydrogen-bond donors (Lipinski definition) is 1. The van der Waals surface area contributed by atoms with Crippen LogP contribution in [0.2, 0.25) is 0 Å². The molecule has 1 aromatic carbocycles. The summed E-state index contributed by atoms with van der Waals surface area (Å²) in [6.07, 6.45) is 3.66. The van der Waals surface area contributed by atoms with Gasteiger partial charge in [-0.2, -0.15) is 5.10 Å². The van der Waals surface area contributed by atoms with Gasteiger partial charge in [0, 0.05) is 33.0 Å². The van der Waals surface area contributed by atoms with E-state index in [-0.39, 0.29) is 11.9 Å². The lowest BCUT2D eigenvalue weighted by Gasteiger charge is -2.18. The molecule has 5 nitrogen and oxygen atoms in total. The summed E-state index contributed by atoms with van der Waals surface area (Å²) >= 11 is 0. The highest BCUT2D eigenvalue weighted by molar-refractivity contribution is 5.80. The predicted octanol–water partition coefficient (Wildman–Crippen LogP) is 1.44. The van der Waals surface area contributed by atoms with Crippen LogP contribution < -0.4 is 5.32 Å². The molecule has 1 heterocycles. The van der Waals surface area contributed by atoms with E-state index >= 15 is 0 Å². The number of nitrogens with one attached hydrogen (secondary N) is 1. The number of nitrogens with zero attached hydrogens (tertiary/aromatic N) is 3. The number of aromatic nitrogens is 2. The second-order valence-electron chi connectivity index (χ2n) is 4.95. The summed E-state index contributed by atoms with van der Waals surface area (Å²) in [5, 5.41) is 7.40. The third-order valence-electron chi connectivity index (χ3n) is 3.13. The van der Waals surface area contributed by atoms with Crippen LogP contribution in [0.3, 0.4) is 0 Å². The molecule has 1 N–H and O–H groups in total. The minimum atomic E-state index is -0.184. The van der Waals surface area contributed by atoms with E-state index in [1.165, 1.54) is 0 Å². The molecule has 1 atom stereocenters. The van der Waals surface area contributed by atoms with Crippen molar-refractivity contribution in [2.24, 2.45) is 0 Å². The Morgan fingerprint density at radius 3 is 2.60 bits per heavy atom. The van der Waals surface area contributed by atoms with Gasteiger partial charge in [0.25, 0.3) is 0 Å². The summed E-state index contributed by atoms with van der Waals surface area (Å²) in [6, 6.07) is 9.82. The quantitative estimate of drug-likeness (QED) is 0.896. The van der Waals surface area contributed by atoms with Crippen molar-refractivity contribution in [3.63, 3.8) is 0 Å². The number of rotatable bonds is 5. The molecular weight excluding hydrogens is 252 g/mol. The molecule has 1 aromatic heterocycles. The second-order valence-corrected chi connectivity index (χ2v) is 4.95. The topological polar surface area (TPSA) is 50.2 Å². The molecule has 106 valence electrons. The minimum Gasteiger partial charge on any atom is -0.347 e. The Balaban J connectivity index is 1.93. The SMILES string of the molecule is CC(NCc1ccc(-n2cccn2)cc1)C(=O)N(C)C. The highest BCUT2D eigenvalue weighted by atomic mass is 16.2. The van der Waals surface area contributed by atoms with Crippen LogP contribution in [0.15, 0.2) is 42.7 Å². The Bertz CT molecular complexity index is 546. The summed E-state index contributed by atoms with van der Waals surface area (Å²) in [5.74, 6) is 0.0816. The van der Waals surface area contributed by atoms with E-state index in [1.54, 1.807) is 25.2 Å². The molecule has 0 aliphatic carbocycles. The van der Waals surface area contributed by atoms with Gasteiger partial charge in [0.2, 0.25) is 5.91 Å². The van der Waals surface area contributed by atoms with Gasteiger partial charge in [-0.15, -0.1) is 0 Å². The molecule has 0 spiro atoms. The fourth-order valence-electron chi connectivity index (χ4n) is 1.93. The van der Waals surface area contributed by atoms with Crippen molar-refractivity contribution in [3.05, 3.63) is 48.3 Å². The van der Waals surface area contributed by atoms with Crippen LogP contribution in [0.1, 0.15) is 12.5 Å². The van der Waals surface area contributed by atoms with Crippen molar-refractivity contribution in [2.75, 3.05) is 14.1 Å². The first kappa shape index (κ1) is 14.3. The largest absolute Gasteiger partial charge is 0.347 e. The summed E-state index contributed by atoms with van der Waals surface area (Å²) in [7, 11) is 3.53. The zero-order chi connectivity index (χ0) is 14.5. The zero-order valence-electron chi connectivity index (χ0n) is 12.1. The van der Waals surface area contributed by atoms with Gasteiger partial charge < -0.3 is 10.2 Å². The van der Waals surface area contributed by atoms with Gasteiger partial charge in [-0.3, -0.25) is 4.79 Å². The molecule has 0 radical (unpaired) electrons. The van der Waals surface area contributed by atoms with Crippen molar-refractivity contribution in [3.8, 4) is 5.69 Å². The van der Waals surface area contributed by atoms with Gasteiger partial charge in [-0.25, -0.2) is 4.68 Å². The van der Waals surface area contributed by atoms with Crippen molar-refractivity contribution in [2.45, 2.75) is 19.5 Å². The lowest BCUT2D eigenvalue weighted by molar-refractivity contribution is -0.130. The fraction of sp³-hybridized carbons (Fsp3) is 0.333. The van der Waals surface area contributed by atoms with Gasteiger partial charge in [0.15, 0.2) is 0 Å². The molecule has 5 heteroatoms. The van der Waals surface area contributed by atoms with Crippen LogP contribution in [-0.4, -0.2) is 40.7 Å². The molecular formula is C15H20N4O. The van der Waals surface area contributed by atoms with Crippen molar-refractivity contribution >= 4 is 5.91 Å². The van der Waals surface area contributed by atoms with Gasteiger partial charge >= 0.3 is 0 Å². The van der Waals surface area contributed by atoms with E-state index < -0.39 is 0 Å². The second kappa shape index (κ2) is 6.34. The molecule has 0 aliphatic heterocycles. The van der Waals surface area contributed by atoms with E-state index in [1.807, 2.05) is 48.1 Å². The number of benzene rings is 1. The Morgan fingerprint density at radius 2 is 2.05 bits per heavy atom. The Morgan fingerprint density at radius 1 is 1.35 bits per heavy atom. The third kappa shape index (κ3) is 3.45. The maximum absolute atomic E-state index is 11.7. The van der Waals surface area contributed by atoms with E-state index in [0.717, 1.165) is 11.3 Å². The smallest absolute Gasteiger partial charge is 0.238 e. The number of carbonyl (C=O) groups is 1. The first-order valence-electron chi connectivity index (χ1n) is 6.61. The van der Waals surface area contributed by atoms with Gasteiger partial charge in [-0.05, 0) is 30.7 Å². The monoisotopic (exact) mass is 272 g/mol. The average molecular weight is 272 g/mol. The molecule has 1 amide bonds. The van der Waals surface area contributed by atoms with Crippen LogP contribution >= 0.6 is 0 Å². The van der Waals surface area contributed by atoms with Crippen LogP contribution in [0.5, 0.6) is 0 Å². The molecule has 0 fully saturated rings. The van der Waals surface area contributed by atoms with E-state index in [4.69, 9.17) is 0 Å². The Labute approximate surface area is 119 Å². The molecule has 0 saturated heterocycles. The number of amides is 1. The molecule has 2 rings (SSSR count). The lowest BCUT2D eigenvalue weighted by atomic mass is 10.2. The van der Waals surface area contributed by atoms with Gasteiger partial charge in [0.05, 0.1) is 11.7 Å². The normalized spacial score (nSPS) is 12.2. The van der Waals surface area contributed by atoms with E-state index in [0.29, 0.717) is 6.54 Å². The summed E-state index contributed by atoms with van der Waals surface area (Å²) in [4.78, 5) is 13.3. The highest BCUT2D eigenvalue weighted by Crippen LogP contribution is 2.08. The summed E-state index contributed by atoms with van der Waals surface area (Å²) in [5.41, 5.74) is 2.16. The van der Waals surface area contributed by atoms with Crippen LogP contribution in [0.4, 0.5) is 0 Å². The van der Waals surface area contributed by atoms with Crippen molar-refractivity contribution in [1.29, 1.82) is 0 Å². The van der Waals surface area contributed by atoms with Crippen molar-refractivity contribution < 1.29 is 4.79 Å². The molecule has 0 aliphatic rings. The van der Waals surface area contributed by atoms with E-state index in [9.17, 15) is 4.79 Å². The molecule has 0 bridgehead atoms. The van der Waals surface area contributed by atoms with Gasteiger partial charge in [-0.1, -0.05) is 12.1 Å². The zero-order valence-corrected chi connectivity index (χ0v) is 12.1. The fourth-order valence-corrected chi connectivity index (χ4v) is 1.93. The van der Waals surface area contributed by atoms with Gasteiger partial charge in [0.1, 0.15) is 0 Å². The van der Waals surface area contributed by atoms with Crippen LogP contribution in [0.25, 0.3) is 5.69 Å². The van der Waals surface area contributed by atoms with E-state index in [2.05, 4.69) is 10.4 Å². The van der Waals surface area contributed by atoms with Crippen molar-refractivity contribution in [1.82, 2.24) is 20.0 Å². The average Bonchev–Trinajstić information content (AvgIpc) is 2.98. The third-order valence-corrected chi connectivity index (χ3v) is 3.13. The van der Waals surface area contributed by atoms with Crippen LogP contribution in [0, 0.1) is 0 Å². The number of carbonyl (C=O) groups excluding carboxylic acids is 1. The first-order valence-corrected chi connectivity index (χ1v) is 6.61. The summed E-state index contributed by atoms with van der Waals surface area (Å²) in [6.45, 7) is 2.54. The molecule has 20 heavy (non-hydrogen) atoms. The minimum absolute atomic E-state index is 0.0816. The maximum atomic E-state index is 11.7. The van der Waals surface area contributed by atoms with Crippen LogP contribution in [-0.2, 0) is 11.3 Å². The predicted molar refractivity (Wildman–Crippen MR) is 78.6 cm³/mol. The standard InChI is InChI=1S/C15H20N4O/c1-12(15(20)18(2)3)16-11-13-5-7-14(8-6-13)19-10-4-9-17-19/h4-10,12,16H,11H2,1-3H3. The summed E-state index contributed by atoms with van der Waals surface area (Å²) < 4.78 is 1.81. The number of hydrogen-bond acceptors (Lipinski definition) is 3. The Kier molecular flexibility index (Phi) is 4.53. The number of likely N-dealkylation sites (N-methyl/N-ethyl adjacent to an activating group) is 1. The highest BCUT2D eigenvalue weighted by Gasteiger charge is 2.13. The molecule has 0 saturated carbocycles. The Hall–Kier alpha value is -2.14. The first-order chi connectivity index (χ1) is 9.58.